The number of anilines is 1. The minimum absolute atomic E-state index is 0.0815. The van der Waals surface area contributed by atoms with Crippen LogP contribution in [0, 0.1) is 0 Å². The Bertz CT molecular complexity index is 802. The minimum atomic E-state index is -0.171. The maximum atomic E-state index is 11.9. The SMILES string of the molecule is O=C(CCc1ccccc1)Nc1nnc(-c2cccc(Cl)c2)o1. The van der Waals surface area contributed by atoms with Crippen molar-refractivity contribution >= 4 is 23.5 Å². The van der Waals surface area contributed by atoms with Crippen LogP contribution in [-0.2, 0) is 11.2 Å². The van der Waals surface area contributed by atoms with Crippen LogP contribution in [0.4, 0.5) is 6.01 Å². The third kappa shape index (κ3) is 4.17. The number of halogens is 1. The van der Waals surface area contributed by atoms with E-state index < -0.39 is 0 Å². The summed E-state index contributed by atoms with van der Waals surface area (Å²) in [6.45, 7) is 0. The first-order chi connectivity index (χ1) is 11.2. The summed E-state index contributed by atoms with van der Waals surface area (Å²) in [6, 6.07) is 17.0. The quantitative estimate of drug-likeness (QED) is 0.770. The molecular weight excluding hydrogens is 314 g/mol. The number of carbonyl (C=O) groups excluding carboxylic acids is 1. The van der Waals surface area contributed by atoms with Crippen molar-refractivity contribution in [3.8, 4) is 11.5 Å². The van der Waals surface area contributed by atoms with E-state index >= 15 is 0 Å². The molecule has 6 heteroatoms. The van der Waals surface area contributed by atoms with E-state index in [-0.39, 0.29) is 11.9 Å². The van der Waals surface area contributed by atoms with Crippen LogP contribution in [0.1, 0.15) is 12.0 Å². The summed E-state index contributed by atoms with van der Waals surface area (Å²) in [7, 11) is 0. The van der Waals surface area contributed by atoms with Gasteiger partial charge in [0.2, 0.25) is 11.8 Å². The summed E-state index contributed by atoms with van der Waals surface area (Å²) in [5.41, 5.74) is 1.81. The van der Waals surface area contributed by atoms with Gasteiger partial charge in [-0.25, -0.2) is 0 Å². The second kappa shape index (κ2) is 7.07. The number of amides is 1. The zero-order valence-electron chi connectivity index (χ0n) is 12.2. The van der Waals surface area contributed by atoms with Crippen molar-refractivity contribution in [3.05, 3.63) is 65.2 Å². The number of hydrogen-bond donors (Lipinski definition) is 1. The first-order valence-electron chi connectivity index (χ1n) is 7.14. The second-order valence-corrected chi connectivity index (χ2v) is 5.39. The lowest BCUT2D eigenvalue weighted by atomic mass is 10.1. The Labute approximate surface area is 138 Å². The van der Waals surface area contributed by atoms with Crippen molar-refractivity contribution in [2.45, 2.75) is 12.8 Å². The molecule has 3 rings (SSSR count). The summed E-state index contributed by atoms with van der Waals surface area (Å²) in [6.07, 6.45) is 1.00. The number of nitrogens with zero attached hydrogens (tertiary/aromatic N) is 2. The van der Waals surface area contributed by atoms with Gasteiger partial charge in [-0.3, -0.25) is 10.1 Å². The van der Waals surface area contributed by atoms with Gasteiger partial charge >= 0.3 is 6.01 Å². The Morgan fingerprint density at radius 1 is 1.09 bits per heavy atom. The van der Waals surface area contributed by atoms with Gasteiger partial charge in [0.05, 0.1) is 0 Å². The molecule has 0 aliphatic rings. The van der Waals surface area contributed by atoms with Crippen molar-refractivity contribution in [2.75, 3.05) is 5.32 Å². The zero-order valence-corrected chi connectivity index (χ0v) is 13.0. The number of rotatable bonds is 5. The number of carbonyl (C=O) groups is 1. The molecule has 0 saturated carbocycles. The Kier molecular flexibility index (Phi) is 4.68. The molecule has 0 spiro atoms. The molecule has 0 aliphatic heterocycles. The van der Waals surface area contributed by atoms with E-state index in [0.717, 1.165) is 5.56 Å². The predicted octanol–water partition coefficient (Wildman–Crippen LogP) is 3.96. The molecule has 3 aromatic rings. The van der Waals surface area contributed by atoms with Gasteiger partial charge in [0.15, 0.2) is 0 Å². The maximum Gasteiger partial charge on any atom is 0.322 e. The van der Waals surface area contributed by atoms with Gasteiger partial charge in [-0.15, -0.1) is 5.10 Å². The van der Waals surface area contributed by atoms with Crippen molar-refractivity contribution in [1.82, 2.24) is 10.2 Å². The summed E-state index contributed by atoms with van der Waals surface area (Å²) in [4.78, 5) is 11.9. The van der Waals surface area contributed by atoms with Gasteiger partial charge in [-0.2, -0.15) is 0 Å². The number of aryl methyl sites for hydroxylation is 1. The third-order valence-corrected chi connectivity index (χ3v) is 3.46. The number of nitrogens with one attached hydrogen (secondary N) is 1. The fourth-order valence-corrected chi connectivity index (χ4v) is 2.29. The number of hydrogen-bond acceptors (Lipinski definition) is 4. The van der Waals surface area contributed by atoms with Gasteiger partial charge in [0, 0.05) is 17.0 Å². The molecule has 116 valence electrons. The molecule has 0 unspecified atom stereocenters. The first kappa shape index (κ1) is 15.2. The summed E-state index contributed by atoms with van der Waals surface area (Å²) < 4.78 is 5.43. The Morgan fingerprint density at radius 2 is 1.91 bits per heavy atom. The molecule has 1 heterocycles. The van der Waals surface area contributed by atoms with Crippen molar-refractivity contribution in [1.29, 1.82) is 0 Å². The van der Waals surface area contributed by atoms with Crippen molar-refractivity contribution in [2.24, 2.45) is 0 Å². The number of benzene rings is 2. The van der Waals surface area contributed by atoms with E-state index in [1.165, 1.54) is 0 Å². The molecule has 0 aliphatic carbocycles. The average Bonchev–Trinajstić information content (AvgIpc) is 3.02. The summed E-state index contributed by atoms with van der Waals surface area (Å²) in [5.74, 6) is 0.140. The molecule has 0 saturated heterocycles. The highest BCUT2D eigenvalue weighted by molar-refractivity contribution is 6.30. The molecule has 0 bridgehead atoms. The lowest BCUT2D eigenvalue weighted by molar-refractivity contribution is -0.116. The van der Waals surface area contributed by atoms with Gasteiger partial charge in [0.25, 0.3) is 0 Å². The fraction of sp³-hybridized carbons (Fsp3) is 0.118. The van der Waals surface area contributed by atoms with Gasteiger partial charge in [-0.05, 0) is 30.2 Å². The summed E-state index contributed by atoms with van der Waals surface area (Å²) >= 11 is 5.93. The lowest BCUT2D eigenvalue weighted by Gasteiger charge is -2.01. The van der Waals surface area contributed by atoms with Gasteiger partial charge in [0.1, 0.15) is 0 Å². The second-order valence-electron chi connectivity index (χ2n) is 4.96. The molecule has 1 aromatic heterocycles. The topological polar surface area (TPSA) is 68.0 Å². The van der Waals surface area contributed by atoms with Crippen LogP contribution in [-0.4, -0.2) is 16.1 Å². The predicted molar refractivity (Wildman–Crippen MR) is 88.1 cm³/mol. The van der Waals surface area contributed by atoms with Gasteiger partial charge in [-0.1, -0.05) is 53.1 Å². The molecule has 0 fully saturated rings. The van der Waals surface area contributed by atoms with E-state index in [4.69, 9.17) is 16.0 Å². The largest absolute Gasteiger partial charge is 0.403 e. The smallest absolute Gasteiger partial charge is 0.322 e. The molecule has 1 amide bonds. The van der Waals surface area contributed by atoms with Crippen molar-refractivity contribution in [3.63, 3.8) is 0 Å². The third-order valence-electron chi connectivity index (χ3n) is 3.23. The molecule has 0 atom stereocenters. The summed E-state index contributed by atoms with van der Waals surface area (Å²) in [5, 5.41) is 10.9. The maximum absolute atomic E-state index is 11.9. The zero-order chi connectivity index (χ0) is 16.1. The van der Waals surface area contributed by atoms with E-state index in [9.17, 15) is 4.79 Å². The average molecular weight is 328 g/mol. The van der Waals surface area contributed by atoms with E-state index in [2.05, 4.69) is 15.5 Å². The molecule has 2 aromatic carbocycles. The standard InChI is InChI=1S/C17H14ClN3O2/c18-14-8-4-7-13(11-14)16-20-21-17(23-16)19-15(22)10-9-12-5-2-1-3-6-12/h1-8,11H,9-10H2,(H,19,21,22). The highest BCUT2D eigenvalue weighted by atomic mass is 35.5. The normalized spacial score (nSPS) is 10.5. The Balaban J connectivity index is 1.59. The monoisotopic (exact) mass is 327 g/mol. The van der Waals surface area contributed by atoms with Gasteiger partial charge < -0.3 is 4.42 Å². The molecular formula is C17H14ClN3O2. The first-order valence-corrected chi connectivity index (χ1v) is 7.52. The van der Waals surface area contributed by atoms with Crippen LogP contribution < -0.4 is 5.32 Å². The van der Waals surface area contributed by atoms with E-state index in [0.29, 0.717) is 29.3 Å². The molecule has 0 radical (unpaired) electrons. The highest BCUT2D eigenvalue weighted by Crippen LogP contribution is 2.22. The molecule has 1 N–H and O–H groups in total. The van der Waals surface area contributed by atoms with E-state index in [1.54, 1.807) is 24.3 Å². The highest BCUT2D eigenvalue weighted by Gasteiger charge is 2.11. The van der Waals surface area contributed by atoms with Crippen LogP contribution in [0.25, 0.3) is 11.5 Å². The van der Waals surface area contributed by atoms with Crippen LogP contribution in [0.5, 0.6) is 0 Å². The Morgan fingerprint density at radius 3 is 2.70 bits per heavy atom. The van der Waals surface area contributed by atoms with Crippen LogP contribution in [0.3, 0.4) is 0 Å². The van der Waals surface area contributed by atoms with E-state index in [1.807, 2.05) is 30.3 Å². The lowest BCUT2D eigenvalue weighted by Crippen LogP contribution is -2.12. The van der Waals surface area contributed by atoms with Crippen LogP contribution in [0.2, 0.25) is 5.02 Å². The fourth-order valence-electron chi connectivity index (χ4n) is 2.10. The minimum Gasteiger partial charge on any atom is -0.403 e. The van der Waals surface area contributed by atoms with Crippen molar-refractivity contribution < 1.29 is 9.21 Å². The number of aromatic nitrogens is 2. The van der Waals surface area contributed by atoms with Crippen LogP contribution in [0.15, 0.2) is 59.0 Å². The Hall–Kier alpha value is -2.66. The molecule has 23 heavy (non-hydrogen) atoms. The van der Waals surface area contributed by atoms with Crippen LogP contribution >= 0.6 is 11.6 Å². The molecule has 5 nitrogen and oxygen atoms in total.